The number of nitrogens with zero attached hydrogens (tertiary/aromatic N) is 2. The Kier molecular flexibility index (Phi) is 6.88. The Morgan fingerprint density at radius 1 is 1.00 bits per heavy atom. The van der Waals surface area contributed by atoms with Crippen molar-refractivity contribution in [3.05, 3.63) is 42.1 Å². The SMILES string of the molecule is CCCCCNc1ccc(C(=O)Nc2cccc(NC(C)=O)c2)nn1. The van der Waals surface area contributed by atoms with Crippen molar-refractivity contribution in [1.82, 2.24) is 10.2 Å². The fourth-order valence-corrected chi connectivity index (χ4v) is 2.21. The molecule has 2 rings (SSSR count). The molecule has 0 aliphatic carbocycles. The summed E-state index contributed by atoms with van der Waals surface area (Å²) in [5.41, 5.74) is 1.41. The maximum absolute atomic E-state index is 12.2. The standard InChI is InChI=1S/C18H23N5O2/c1-3-4-5-11-19-17-10-9-16(22-23-17)18(25)21-15-8-6-7-14(12-15)20-13(2)24/h6-10,12H,3-5,11H2,1-2H3,(H,19,23)(H,20,24)(H,21,25). The lowest BCUT2D eigenvalue weighted by Gasteiger charge is -2.08. The predicted octanol–water partition coefficient (Wildman–Crippen LogP) is 3.29. The molecule has 2 aromatic rings. The van der Waals surface area contributed by atoms with Gasteiger partial charge in [0.05, 0.1) is 0 Å². The summed E-state index contributed by atoms with van der Waals surface area (Å²) in [5.74, 6) is 0.127. The van der Waals surface area contributed by atoms with E-state index in [0.29, 0.717) is 17.2 Å². The second kappa shape index (κ2) is 9.36. The van der Waals surface area contributed by atoms with Crippen LogP contribution in [-0.4, -0.2) is 28.6 Å². The van der Waals surface area contributed by atoms with Gasteiger partial charge < -0.3 is 16.0 Å². The van der Waals surface area contributed by atoms with Crippen LogP contribution in [0, 0.1) is 0 Å². The topological polar surface area (TPSA) is 96.0 Å². The van der Waals surface area contributed by atoms with E-state index >= 15 is 0 Å². The molecule has 1 aromatic heterocycles. The molecule has 132 valence electrons. The van der Waals surface area contributed by atoms with E-state index in [0.717, 1.165) is 19.4 Å². The van der Waals surface area contributed by atoms with E-state index in [4.69, 9.17) is 0 Å². The second-order valence-electron chi connectivity index (χ2n) is 5.65. The molecule has 7 heteroatoms. The van der Waals surface area contributed by atoms with Crippen molar-refractivity contribution in [3.63, 3.8) is 0 Å². The lowest BCUT2D eigenvalue weighted by Crippen LogP contribution is -2.15. The van der Waals surface area contributed by atoms with Crippen LogP contribution in [0.3, 0.4) is 0 Å². The van der Waals surface area contributed by atoms with Crippen molar-refractivity contribution in [2.45, 2.75) is 33.1 Å². The van der Waals surface area contributed by atoms with Gasteiger partial charge in [0.15, 0.2) is 5.69 Å². The van der Waals surface area contributed by atoms with Gasteiger partial charge in [-0.25, -0.2) is 0 Å². The third-order valence-electron chi connectivity index (χ3n) is 3.42. The molecule has 0 aliphatic heterocycles. The summed E-state index contributed by atoms with van der Waals surface area (Å²) in [7, 11) is 0. The summed E-state index contributed by atoms with van der Waals surface area (Å²) in [5, 5.41) is 16.5. The highest BCUT2D eigenvalue weighted by molar-refractivity contribution is 6.03. The Bertz CT molecular complexity index is 716. The molecular weight excluding hydrogens is 318 g/mol. The number of unbranched alkanes of at least 4 members (excludes halogenated alkanes) is 2. The molecule has 0 spiro atoms. The number of amides is 2. The number of hydrogen-bond donors (Lipinski definition) is 3. The molecule has 0 radical (unpaired) electrons. The first-order valence-corrected chi connectivity index (χ1v) is 8.35. The van der Waals surface area contributed by atoms with Crippen molar-refractivity contribution in [2.24, 2.45) is 0 Å². The minimum absolute atomic E-state index is 0.170. The minimum Gasteiger partial charge on any atom is -0.369 e. The lowest BCUT2D eigenvalue weighted by atomic mass is 10.2. The molecule has 0 fully saturated rings. The number of aromatic nitrogens is 2. The molecule has 0 unspecified atom stereocenters. The van der Waals surface area contributed by atoms with Crippen LogP contribution in [0.1, 0.15) is 43.6 Å². The Morgan fingerprint density at radius 2 is 1.76 bits per heavy atom. The van der Waals surface area contributed by atoms with Gasteiger partial charge in [0.25, 0.3) is 5.91 Å². The van der Waals surface area contributed by atoms with Gasteiger partial charge in [-0.15, -0.1) is 10.2 Å². The maximum atomic E-state index is 12.2. The summed E-state index contributed by atoms with van der Waals surface area (Å²) in [6, 6.07) is 10.3. The number of rotatable bonds is 8. The van der Waals surface area contributed by atoms with Crippen molar-refractivity contribution >= 4 is 29.0 Å². The molecule has 3 N–H and O–H groups in total. The maximum Gasteiger partial charge on any atom is 0.276 e. The Balaban J connectivity index is 1.93. The smallest absolute Gasteiger partial charge is 0.276 e. The van der Waals surface area contributed by atoms with E-state index in [9.17, 15) is 9.59 Å². The van der Waals surface area contributed by atoms with Crippen LogP contribution in [-0.2, 0) is 4.79 Å². The molecule has 0 aliphatic rings. The number of nitrogens with one attached hydrogen (secondary N) is 3. The van der Waals surface area contributed by atoms with Gasteiger partial charge >= 0.3 is 0 Å². The van der Waals surface area contributed by atoms with Gasteiger partial charge in [-0.05, 0) is 36.8 Å². The molecular formula is C18H23N5O2. The number of benzene rings is 1. The Hall–Kier alpha value is -2.96. The van der Waals surface area contributed by atoms with Gasteiger partial charge in [0, 0.05) is 24.8 Å². The van der Waals surface area contributed by atoms with Crippen LogP contribution < -0.4 is 16.0 Å². The van der Waals surface area contributed by atoms with Crippen molar-refractivity contribution in [2.75, 3.05) is 22.5 Å². The molecule has 25 heavy (non-hydrogen) atoms. The summed E-state index contributed by atoms with van der Waals surface area (Å²) in [6.07, 6.45) is 3.40. The largest absolute Gasteiger partial charge is 0.369 e. The summed E-state index contributed by atoms with van der Waals surface area (Å²) in [6.45, 7) is 4.42. The van der Waals surface area contributed by atoms with Crippen LogP contribution in [0.15, 0.2) is 36.4 Å². The zero-order valence-electron chi connectivity index (χ0n) is 14.5. The molecule has 1 heterocycles. The normalized spacial score (nSPS) is 10.2. The molecule has 2 amide bonds. The fraction of sp³-hybridized carbons (Fsp3) is 0.333. The Morgan fingerprint density at radius 3 is 2.40 bits per heavy atom. The number of hydrogen-bond acceptors (Lipinski definition) is 5. The zero-order chi connectivity index (χ0) is 18.1. The van der Waals surface area contributed by atoms with Crippen LogP contribution in [0.4, 0.5) is 17.2 Å². The minimum atomic E-state index is -0.356. The highest BCUT2D eigenvalue weighted by atomic mass is 16.2. The van der Waals surface area contributed by atoms with Gasteiger partial charge in [0.2, 0.25) is 5.91 Å². The first-order valence-electron chi connectivity index (χ1n) is 8.35. The highest BCUT2D eigenvalue weighted by Crippen LogP contribution is 2.16. The first-order chi connectivity index (χ1) is 12.1. The molecule has 1 aromatic carbocycles. The molecule has 0 atom stereocenters. The number of anilines is 3. The van der Waals surface area contributed by atoms with E-state index in [1.54, 1.807) is 36.4 Å². The zero-order valence-corrected chi connectivity index (χ0v) is 14.5. The van der Waals surface area contributed by atoms with Crippen LogP contribution >= 0.6 is 0 Å². The average Bonchev–Trinajstić information content (AvgIpc) is 2.59. The van der Waals surface area contributed by atoms with Crippen LogP contribution in [0.2, 0.25) is 0 Å². The molecule has 0 saturated carbocycles. The lowest BCUT2D eigenvalue weighted by molar-refractivity contribution is -0.114. The van der Waals surface area contributed by atoms with Gasteiger partial charge in [-0.3, -0.25) is 9.59 Å². The predicted molar refractivity (Wildman–Crippen MR) is 98.7 cm³/mol. The van der Waals surface area contributed by atoms with E-state index < -0.39 is 0 Å². The molecule has 0 saturated heterocycles. The average molecular weight is 341 g/mol. The van der Waals surface area contributed by atoms with Gasteiger partial charge in [0.1, 0.15) is 5.82 Å². The van der Waals surface area contributed by atoms with Crippen LogP contribution in [0.25, 0.3) is 0 Å². The summed E-state index contributed by atoms with van der Waals surface area (Å²) < 4.78 is 0. The quantitative estimate of drug-likeness (QED) is 0.640. The fourth-order valence-electron chi connectivity index (χ4n) is 2.21. The summed E-state index contributed by atoms with van der Waals surface area (Å²) in [4.78, 5) is 23.3. The first kappa shape index (κ1) is 18.4. The van der Waals surface area contributed by atoms with Crippen molar-refractivity contribution < 1.29 is 9.59 Å². The number of carbonyl (C=O) groups excluding carboxylic acids is 2. The van der Waals surface area contributed by atoms with E-state index in [1.807, 2.05) is 0 Å². The monoisotopic (exact) mass is 341 g/mol. The van der Waals surface area contributed by atoms with E-state index in [1.165, 1.54) is 13.3 Å². The van der Waals surface area contributed by atoms with E-state index in [-0.39, 0.29) is 17.5 Å². The van der Waals surface area contributed by atoms with Gasteiger partial charge in [-0.1, -0.05) is 25.8 Å². The highest BCUT2D eigenvalue weighted by Gasteiger charge is 2.09. The Labute approximate surface area is 147 Å². The van der Waals surface area contributed by atoms with E-state index in [2.05, 4.69) is 33.1 Å². The van der Waals surface area contributed by atoms with Crippen molar-refractivity contribution in [1.29, 1.82) is 0 Å². The number of carbonyl (C=O) groups is 2. The molecule has 7 nitrogen and oxygen atoms in total. The third-order valence-corrected chi connectivity index (χ3v) is 3.42. The van der Waals surface area contributed by atoms with Gasteiger partial charge in [-0.2, -0.15) is 0 Å². The van der Waals surface area contributed by atoms with Crippen LogP contribution in [0.5, 0.6) is 0 Å². The molecule has 0 bridgehead atoms. The summed E-state index contributed by atoms with van der Waals surface area (Å²) >= 11 is 0. The van der Waals surface area contributed by atoms with Crippen molar-refractivity contribution in [3.8, 4) is 0 Å². The second-order valence-corrected chi connectivity index (χ2v) is 5.65. The third kappa shape index (κ3) is 6.21.